The Morgan fingerprint density at radius 3 is 2.50 bits per heavy atom. The molecule has 0 radical (unpaired) electrons. The summed E-state index contributed by atoms with van der Waals surface area (Å²) >= 11 is 0. The van der Waals surface area contributed by atoms with Crippen molar-refractivity contribution in [3.05, 3.63) is 23.0 Å². The molecule has 0 fully saturated rings. The van der Waals surface area contributed by atoms with Gasteiger partial charge in [-0.15, -0.1) is 0 Å². The molecule has 0 aromatic carbocycles. The van der Waals surface area contributed by atoms with E-state index in [1.807, 2.05) is 20.0 Å². The van der Waals surface area contributed by atoms with Crippen LogP contribution in [0.4, 0.5) is 0 Å². The highest BCUT2D eigenvalue weighted by Gasteiger charge is 2.16. The lowest BCUT2D eigenvalue weighted by Crippen LogP contribution is -2.27. The molecule has 1 heterocycles. The molecule has 0 N–H and O–H groups in total. The first-order chi connectivity index (χ1) is 8.51. The molecule has 0 aliphatic rings. The summed E-state index contributed by atoms with van der Waals surface area (Å²) < 4.78 is 2.19. The second-order valence-electron chi connectivity index (χ2n) is 5.04. The Kier molecular flexibility index (Phi) is 5.60. The number of unbranched alkanes of at least 4 members (excludes halogenated alkanes) is 1. The Labute approximate surface area is 111 Å². The van der Waals surface area contributed by atoms with Crippen molar-refractivity contribution in [3.8, 4) is 0 Å². The summed E-state index contributed by atoms with van der Waals surface area (Å²) in [6, 6.07) is 2.02. The van der Waals surface area contributed by atoms with E-state index >= 15 is 0 Å². The van der Waals surface area contributed by atoms with Gasteiger partial charge in [0.05, 0.1) is 6.54 Å². The van der Waals surface area contributed by atoms with E-state index in [0.29, 0.717) is 6.54 Å². The normalized spacial score (nSPS) is 11.2. The van der Waals surface area contributed by atoms with E-state index in [2.05, 4.69) is 30.2 Å². The first kappa shape index (κ1) is 15.0. The van der Waals surface area contributed by atoms with Crippen molar-refractivity contribution in [2.45, 2.75) is 47.1 Å². The zero-order valence-electron chi connectivity index (χ0n) is 12.4. The number of hydrogen-bond acceptors (Lipinski definition) is 2. The van der Waals surface area contributed by atoms with Crippen LogP contribution < -0.4 is 0 Å². The highest BCUT2D eigenvalue weighted by molar-refractivity contribution is 5.99. The Hall–Kier alpha value is -1.09. The van der Waals surface area contributed by atoms with Gasteiger partial charge in [-0.3, -0.25) is 9.69 Å². The molecule has 3 heteroatoms. The number of carbonyl (C=O) groups is 1. The summed E-state index contributed by atoms with van der Waals surface area (Å²) in [5, 5.41) is 0. The van der Waals surface area contributed by atoms with Crippen LogP contribution in [0.3, 0.4) is 0 Å². The van der Waals surface area contributed by atoms with Gasteiger partial charge in [-0.2, -0.15) is 0 Å². The van der Waals surface area contributed by atoms with Crippen LogP contribution in [0, 0.1) is 13.8 Å². The number of aryl methyl sites for hydroxylation is 1. The third-order valence-corrected chi connectivity index (χ3v) is 3.50. The number of ketones is 1. The van der Waals surface area contributed by atoms with E-state index in [0.717, 1.165) is 30.8 Å². The maximum Gasteiger partial charge on any atom is 0.178 e. The van der Waals surface area contributed by atoms with Crippen molar-refractivity contribution >= 4 is 5.78 Å². The maximum atomic E-state index is 12.3. The average molecular weight is 250 g/mol. The molecule has 0 saturated carbocycles. The van der Waals surface area contributed by atoms with Gasteiger partial charge in [-0.25, -0.2) is 0 Å². The van der Waals surface area contributed by atoms with E-state index in [4.69, 9.17) is 0 Å². The number of likely N-dealkylation sites (N-methyl/N-ethyl adjacent to an activating group) is 1. The van der Waals surface area contributed by atoms with Gasteiger partial charge < -0.3 is 4.57 Å². The van der Waals surface area contributed by atoms with Gasteiger partial charge >= 0.3 is 0 Å². The molecular formula is C15H26N2O. The van der Waals surface area contributed by atoms with Crippen LogP contribution in [0.1, 0.15) is 48.4 Å². The molecule has 1 rings (SSSR count). The molecule has 1 aromatic heterocycles. The number of Topliss-reactive ketones (excluding diaryl/α,β-unsaturated/α-hetero) is 1. The van der Waals surface area contributed by atoms with E-state index in [9.17, 15) is 4.79 Å². The summed E-state index contributed by atoms with van der Waals surface area (Å²) in [5.74, 6) is 0.237. The van der Waals surface area contributed by atoms with Crippen LogP contribution in [0.15, 0.2) is 6.07 Å². The average Bonchev–Trinajstić information content (AvgIpc) is 2.61. The fourth-order valence-electron chi connectivity index (χ4n) is 2.41. The molecule has 0 spiro atoms. The van der Waals surface area contributed by atoms with Gasteiger partial charge in [0.15, 0.2) is 5.78 Å². The SMILES string of the molecule is CCCCN(C)CC(=O)c1cc(C)n(CC)c1C. The van der Waals surface area contributed by atoms with Crippen molar-refractivity contribution in [2.75, 3.05) is 20.1 Å². The largest absolute Gasteiger partial charge is 0.349 e. The highest BCUT2D eigenvalue weighted by Crippen LogP contribution is 2.15. The van der Waals surface area contributed by atoms with Gasteiger partial charge in [-0.1, -0.05) is 13.3 Å². The van der Waals surface area contributed by atoms with E-state index in [-0.39, 0.29) is 5.78 Å². The number of rotatable bonds is 7. The predicted octanol–water partition coefficient (Wildman–Crippen LogP) is 3.04. The standard InChI is InChI=1S/C15H26N2O/c1-6-8-9-16(5)11-15(18)14-10-12(3)17(7-2)13(14)4/h10H,6-9,11H2,1-5H3. The lowest BCUT2D eigenvalue weighted by atomic mass is 10.1. The van der Waals surface area contributed by atoms with Gasteiger partial charge in [-0.05, 0) is 46.9 Å². The predicted molar refractivity (Wildman–Crippen MR) is 76.3 cm³/mol. The maximum absolute atomic E-state index is 12.3. The van der Waals surface area contributed by atoms with Gasteiger partial charge in [0.1, 0.15) is 0 Å². The number of carbonyl (C=O) groups excluding carboxylic acids is 1. The third-order valence-electron chi connectivity index (χ3n) is 3.50. The van der Waals surface area contributed by atoms with E-state index in [1.54, 1.807) is 0 Å². The highest BCUT2D eigenvalue weighted by atomic mass is 16.1. The molecule has 0 unspecified atom stereocenters. The lowest BCUT2D eigenvalue weighted by Gasteiger charge is -2.15. The van der Waals surface area contributed by atoms with Crippen LogP contribution in [-0.2, 0) is 6.54 Å². The Bertz CT molecular complexity index is 407. The molecule has 0 atom stereocenters. The Morgan fingerprint density at radius 2 is 2.00 bits per heavy atom. The summed E-state index contributed by atoms with van der Waals surface area (Å²) in [6.45, 7) is 10.8. The van der Waals surface area contributed by atoms with Crippen molar-refractivity contribution in [3.63, 3.8) is 0 Å². The molecule has 18 heavy (non-hydrogen) atoms. The molecule has 102 valence electrons. The molecule has 3 nitrogen and oxygen atoms in total. The Morgan fingerprint density at radius 1 is 1.33 bits per heavy atom. The van der Waals surface area contributed by atoms with E-state index < -0.39 is 0 Å². The van der Waals surface area contributed by atoms with Crippen molar-refractivity contribution < 1.29 is 4.79 Å². The third kappa shape index (κ3) is 3.45. The quantitative estimate of drug-likeness (QED) is 0.695. The summed E-state index contributed by atoms with van der Waals surface area (Å²) in [7, 11) is 2.02. The topological polar surface area (TPSA) is 25.2 Å². The van der Waals surface area contributed by atoms with Crippen LogP contribution in [0.5, 0.6) is 0 Å². The van der Waals surface area contributed by atoms with Crippen molar-refractivity contribution in [2.24, 2.45) is 0 Å². The fourth-order valence-corrected chi connectivity index (χ4v) is 2.41. The molecule has 1 aromatic rings. The van der Waals surface area contributed by atoms with Gasteiger partial charge in [0.2, 0.25) is 0 Å². The minimum atomic E-state index is 0.237. The van der Waals surface area contributed by atoms with Gasteiger partial charge in [0.25, 0.3) is 0 Å². The zero-order valence-corrected chi connectivity index (χ0v) is 12.4. The van der Waals surface area contributed by atoms with Crippen LogP contribution in [0.2, 0.25) is 0 Å². The molecule has 0 saturated heterocycles. The molecule has 0 aliphatic carbocycles. The van der Waals surface area contributed by atoms with E-state index in [1.165, 1.54) is 12.1 Å². The monoisotopic (exact) mass is 250 g/mol. The number of hydrogen-bond donors (Lipinski definition) is 0. The van der Waals surface area contributed by atoms with Crippen LogP contribution >= 0.6 is 0 Å². The first-order valence-electron chi connectivity index (χ1n) is 6.89. The van der Waals surface area contributed by atoms with Gasteiger partial charge in [0, 0.05) is 23.5 Å². The second kappa shape index (κ2) is 6.74. The smallest absolute Gasteiger partial charge is 0.178 e. The Balaban J connectivity index is 2.73. The minimum absolute atomic E-state index is 0.237. The first-order valence-corrected chi connectivity index (χ1v) is 6.89. The lowest BCUT2D eigenvalue weighted by molar-refractivity contribution is 0.0945. The fraction of sp³-hybridized carbons (Fsp3) is 0.667. The van der Waals surface area contributed by atoms with Crippen LogP contribution in [-0.4, -0.2) is 35.4 Å². The molecule has 0 aliphatic heterocycles. The minimum Gasteiger partial charge on any atom is -0.349 e. The van der Waals surface area contributed by atoms with Crippen molar-refractivity contribution in [1.29, 1.82) is 0 Å². The van der Waals surface area contributed by atoms with Crippen LogP contribution in [0.25, 0.3) is 0 Å². The molecular weight excluding hydrogens is 224 g/mol. The zero-order chi connectivity index (χ0) is 13.7. The number of aromatic nitrogens is 1. The summed E-state index contributed by atoms with van der Waals surface area (Å²) in [6.07, 6.45) is 2.32. The molecule has 0 amide bonds. The second-order valence-corrected chi connectivity index (χ2v) is 5.04. The summed E-state index contributed by atoms with van der Waals surface area (Å²) in [4.78, 5) is 14.4. The summed E-state index contributed by atoms with van der Waals surface area (Å²) in [5.41, 5.74) is 3.16. The molecule has 0 bridgehead atoms. The van der Waals surface area contributed by atoms with Crippen molar-refractivity contribution in [1.82, 2.24) is 9.47 Å². The number of nitrogens with zero attached hydrogens (tertiary/aromatic N) is 2.